The van der Waals surface area contributed by atoms with Gasteiger partial charge in [-0.05, 0) is 90.4 Å². The lowest BCUT2D eigenvalue weighted by atomic mass is 9.89. The first-order chi connectivity index (χ1) is 23.0. The van der Waals surface area contributed by atoms with Gasteiger partial charge in [0, 0.05) is 23.2 Å². The average molecular weight is 621 g/mol. The van der Waals surface area contributed by atoms with E-state index < -0.39 is 8.07 Å². The Balaban J connectivity index is 1.62. The Hall–Kier alpha value is -5.38. The van der Waals surface area contributed by atoms with Crippen LogP contribution in [0.4, 0.5) is 0 Å². The molecule has 8 rings (SSSR count). The van der Waals surface area contributed by atoms with E-state index in [1.165, 1.54) is 49.0 Å². The van der Waals surface area contributed by atoms with Crippen LogP contribution in [0.5, 0.6) is 0 Å². The van der Waals surface area contributed by atoms with Crippen LogP contribution in [-0.2, 0) is 0 Å². The van der Waals surface area contributed by atoms with E-state index in [1.807, 2.05) is 24.5 Å². The molecular formula is C44H36N2Si. The highest BCUT2D eigenvalue weighted by Gasteiger charge is 2.58. The van der Waals surface area contributed by atoms with Gasteiger partial charge in [-0.2, -0.15) is 0 Å². The molecule has 226 valence electrons. The van der Waals surface area contributed by atoms with Gasteiger partial charge >= 0.3 is 0 Å². The van der Waals surface area contributed by atoms with Crippen molar-refractivity contribution >= 4 is 56.6 Å². The summed E-state index contributed by atoms with van der Waals surface area (Å²) < 4.78 is 0. The van der Waals surface area contributed by atoms with Crippen LogP contribution in [0.1, 0.15) is 43.0 Å². The standard InChI is InChI=1S/C44H36N2Si/c1-44(2,3)47(37-21-11-6-12-22-37)42(35-23-25-38-33(29-35)19-13-27-45-38)40(31-15-7-4-8-16-31)41(32-17-9-5-10-18-32)43(47)36-24-26-39-34(30-36)20-14-28-46-39/h4-30H,1-3H3. The number of pyridine rings is 2. The second kappa shape index (κ2) is 11.4. The summed E-state index contributed by atoms with van der Waals surface area (Å²) in [7, 11) is -2.90. The molecule has 0 fully saturated rings. The summed E-state index contributed by atoms with van der Waals surface area (Å²) in [4.78, 5) is 9.40. The maximum absolute atomic E-state index is 4.70. The van der Waals surface area contributed by atoms with Gasteiger partial charge < -0.3 is 0 Å². The zero-order valence-electron chi connectivity index (χ0n) is 27.0. The van der Waals surface area contributed by atoms with Crippen LogP contribution in [0.25, 0.3) is 43.3 Å². The van der Waals surface area contributed by atoms with Crippen molar-refractivity contribution in [3.63, 3.8) is 0 Å². The van der Waals surface area contributed by atoms with Crippen molar-refractivity contribution in [1.29, 1.82) is 0 Å². The topological polar surface area (TPSA) is 25.8 Å². The number of hydrogen-bond donors (Lipinski definition) is 0. The number of fused-ring (bicyclic) bond motifs is 2. The Bertz CT molecular complexity index is 2180. The molecule has 0 amide bonds. The highest BCUT2D eigenvalue weighted by molar-refractivity contribution is 7.23. The molecule has 0 saturated carbocycles. The fraction of sp³-hybridized carbons (Fsp3) is 0.0909. The van der Waals surface area contributed by atoms with E-state index >= 15 is 0 Å². The minimum atomic E-state index is -2.90. The third kappa shape index (κ3) is 4.69. The van der Waals surface area contributed by atoms with E-state index in [0.717, 1.165) is 21.8 Å². The van der Waals surface area contributed by atoms with Crippen molar-refractivity contribution in [2.45, 2.75) is 25.8 Å². The lowest BCUT2D eigenvalue weighted by Crippen LogP contribution is -2.56. The van der Waals surface area contributed by atoms with E-state index in [9.17, 15) is 0 Å². The van der Waals surface area contributed by atoms with Gasteiger partial charge in [0.25, 0.3) is 0 Å². The van der Waals surface area contributed by atoms with Crippen molar-refractivity contribution in [3.05, 3.63) is 186 Å². The normalized spacial score (nSPS) is 14.7. The van der Waals surface area contributed by atoms with E-state index in [-0.39, 0.29) is 5.04 Å². The van der Waals surface area contributed by atoms with Gasteiger partial charge in [-0.3, -0.25) is 9.97 Å². The third-order valence-corrected chi connectivity index (χ3v) is 15.8. The quantitative estimate of drug-likeness (QED) is 0.179. The van der Waals surface area contributed by atoms with Gasteiger partial charge in [-0.1, -0.05) is 136 Å². The zero-order chi connectivity index (χ0) is 32.0. The summed E-state index contributed by atoms with van der Waals surface area (Å²) in [6.45, 7) is 7.40. The molecule has 3 heterocycles. The van der Waals surface area contributed by atoms with Crippen molar-refractivity contribution in [2.75, 3.05) is 0 Å². The van der Waals surface area contributed by atoms with Crippen molar-refractivity contribution < 1.29 is 0 Å². The molecule has 0 spiro atoms. The zero-order valence-corrected chi connectivity index (χ0v) is 28.0. The van der Waals surface area contributed by atoms with Gasteiger partial charge in [-0.25, -0.2) is 0 Å². The smallest absolute Gasteiger partial charge is 0.156 e. The maximum Gasteiger partial charge on any atom is 0.156 e. The van der Waals surface area contributed by atoms with E-state index in [4.69, 9.17) is 9.97 Å². The highest BCUT2D eigenvalue weighted by Crippen LogP contribution is 2.62. The predicted octanol–water partition coefficient (Wildman–Crippen LogP) is 10.6. The molecule has 2 aromatic heterocycles. The van der Waals surface area contributed by atoms with Gasteiger partial charge in [0.05, 0.1) is 11.0 Å². The van der Waals surface area contributed by atoms with Gasteiger partial charge in [0.2, 0.25) is 0 Å². The van der Waals surface area contributed by atoms with Crippen molar-refractivity contribution in [1.82, 2.24) is 9.97 Å². The van der Waals surface area contributed by atoms with Crippen LogP contribution in [0.15, 0.2) is 164 Å². The van der Waals surface area contributed by atoms with Gasteiger partial charge in [-0.15, -0.1) is 0 Å². The molecule has 0 N–H and O–H groups in total. The summed E-state index contributed by atoms with van der Waals surface area (Å²) in [6, 6.07) is 55.8. The number of rotatable bonds is 5. The second-order valence-corrected chi connectivity index (χ2v) is 18.0. The number of benzene rings is 5. The fourth-order valence-electron chi connectivity index (χ4n) is 7.88. The van der Waals surface area contributed by atoms with E-state index in [2.05, 4.69) is 160 Å². The molecule has 0 bridgehead atoms. The maximum atomic E-state index is 4.70. The molecule has 3 heteroatoms. The summed E-state index contributed by atoms with van der Waals surface area (Å²) in [5.74, 6) is 0. The van der Waals surface area contributed by atoms with Crippen LogP contribution in [0.2, 0.25) is 5.04 Å². The van der Waals surface area contributed by atoms with E-state index in [1.54, 1.807) is 0 Å². The molecule has 0 aliphatic carbocycles. The van der Waals surface area contributed by atoms with Gasteiger partial charge in [0.1, 0.15) is 0 Å². The first-order valence-electron chi connectivity index (χ1n) is 16.3. The summed E-state index contributed by atoms with van der Waals surface area (Å²) in [5, 5.41) is 6.50. The average Bonchev–Trinajstić information content (AvgIpc) is 3.46. The Kier molecular flexibility index (Phi) is 7.08. The SMILES string of the molecule is CC(C)(C)[Si]1(c2ccccc2)C(c2ccc3ncccc3c2)=C(c2ccccc2)C(c2ccccc2)=C1c1ccc2ncccc2c1. The van der Waals surface area contributed by atoms with Crippen LogP contribution in [-0.4, -0.2) is 18.0 Å². The molecule has 5 aromatic carbocycles. The first kappa shape index (κ1) is 29.0. The number of allylic oxidation sites excluding steroid dienone is 2. The number of aromatic nitrogens is 2. The first-order valence-corrected chi connectivity index (χ1v) is 18.3. The van der Waals surface area contributed by atoms with Crippen LogP contribution in [0.3, 0.4) is 0 Å². The molecule has 47 heavy (non-hydrogen) atoms. The molecule has 0 unspecified atom stereocenters. The lowest BCUT2D eigenvalue weighted by Gasteiger charge is -2.45. The number of hydrogen-bond acceptors (Lipinski definition) is 2. The highest BCUT2D eigenvalue weighted by atomic mass is 28.3. The Morgan fingerprint density at radius 1 is 0.426 bits per heavy atom. The van der Waals surface area contributed by atoms with Crippen molar-refractivity contribution in [3.8, 4) is 0 Å². The summed E-state index contributed by atoms with van der Waals surface area (Å²) >= 11 is 0. The summed E-state index contributed by atoms with van der Waals surface area (Å²) in [5.41, 5.74) is 9.68. The molecule has 2 nitrogen and oxygen atoms in total. The molecule has 1 aliphatic rings. The molecule has 0 saturated heterocycles. The second-order valence-electron chi connectivity index (χ2n) is 13.4. The van der Waals surface area contributed by atoms with E-state index in [0.29, 0.717) is 0 Å². The summed E-state index contributed by atoms with van der Waals surface area (Å²) in [6.07, 6.45) is 3.76. The largest absolute Gasteiger partial charge is 0.256 e. The van der Waals surface area contributed by atoms with Crippen LogP contribution < -0.4 is 5.19 Å². The minimum Gasteiger partial charge on any atom is -0.256 e. The lowest BCUT2D eigenvalue weighted by molar-refractivity contribution is 0.741. The van der Waals surface area contributed by atoms with Crippen LogP contribution in [0, 0.1) is 0 Å². The molecular weight excluding hydrogens is 585 g/mol. The molecule has 1 aliphatic heterocycles. The Morgan fingerprint density at radius 2 is 0.851 bits per heavy atom. The monoisotopic (exact) mass is 620 g/mol. The minimum absolute atomic E-state index is 0.122. The van der Waals surface area contributed by atoms with Crippen LogP contribution >= 0.6 is 0 Å². The molecule has 0 atom stereocenters. The Morgan fingerprint density at radius 3 is 1.28 bits per heavy atom. The Labute approximate surface area is 277 Å². The third-order valence-electron chi connectivity index (χ3n) is 9.74. The fourth-order valence-corrected chi connectivity index (χ4v) is 14.2. The predicted molar refractivity (Wildman–Crippen MR) is 202 cm³/mol. The molecule has 0 radical (unpaired) electrons. The van der Waals surface area contributed by atoms with Crippen molar-refractivity contribution in [2.24, 2.45) is 0 Å². The molecule has 7 aromatic rings. The number of nitrogens with zero attached hydrogens (tertiary/aromatic N) is 2. The van der Waals surface area contributed by atoms with Gasteiger partial charge in [0.15, 0.2) is 8.07 Å².